The minimum Gasteiger partial charge on any atom is -0.327 e. The molecule has 1 unspecified atom stereocenters. The number of amides is 2. The van der Waals surface area contributed by atoms with Gasteiger partial charge in [-0.2, -0.15) is 0 Å². The number of rotatable bonds is 4. The normalized spacial score (nSPS) is 18.0. The summed E-state index contributed by atoms with van der Waals surface area (Å²) in [5.41, 5.74) is 0.398. The number of anilines is 1. The molecule has 0 bridgehead atoms. The first-order valence-electron chi connectivity index (χ1n) is 7.03. The number of hydrogen-bond donors (Lipinski definition) is 2. The Labute approximate surface area is 123 Å². The van der Waals surface area contributed by atoms with E-state index in [1.165, 1.54) is 12.1 Å². The summed E-state index contributed by atoms with van der Waals surface area (Å²) >= 11 is 0. The fourth-order valence-electron chi connectivity index (χ4n) is 2.47. The van der Waals surface area contributed by atoms with Gasteiger partial charge in [-0.25, -0.2) is 4.79 Å². The minimum absolute atomic E-state index is 0.0352. The first-order chi connectivity index (χ1) is 10.1. The molecule has 1 saturated heterocycles. The molecular formula is C14H20N4O3. The van der Waals surface area contributed by atoms with Crippen LogP contribution in [0.4, 0.5) is 16.2 Å². The van der Waals surface area contributed by atoms with Crippen molar-refractivity contribution in [3.63, 3.8) is 0 Å². The van der Waals surface area contributed by atoms with E-state index in [-0.39, 0.29) is 11.7 Å². The molecule has 0 aromatic heterocycles. The number of piperidine rings is 1. The van der Waals surface area contributed by atoms with Crippen LogP contribution in [0.15, 0.2) is 24.3 Å². The molecule has 1 fully saturated rings. The first-order valence-corrected chi connectivity index (χ1v) is 7.03. The van der Waals surface area contributed by atoms with Crippen LogP contribution in [0.5, 0.6) is 0 Å². The summed E-state index contributed by atoms with van der Waals surface area (Å²) in [4.78, 5) is 23.9. The lowest BCUT2D eigenvalue weighted by molar-refractivity contribution is -0.384. The number of nitrogens with one attached hydrogen (secondary N) is 2. The fraction of sp³-hybridized carbons (Fsp3) is 0.500. The highest BCUT2D eigenvalue weighted by molar-refractivity contribution is 5.89. The number of carbonyl (C=O) groups excluding carboxylic acids is 1. The Hall–Kier alpha value is -2.15. The van der Waals surface area contributed by atoms with E-state index in [0.29, 0.717) is 18.2 Å². The zero-order valence-corrected chi connectivity index (χ0v) is 12.0. The second-order valence-corrected chi connectivity index (χ2v) is 5.33. The minimum atomic E-state index is -0.479. The van der Waals surface area contributed by atoms with Crippen molar-refractivity contribution in [1.82, 2.24) is 10.2 Å². The molecule has 1 aliphatic heterocycles. The highest BCUT2D eigenvalue weighted by atomic mass is 16.6. The van der Waals surface area contributed by atoms with E-state index >= 15 is 0 Å². The summed E-state index contributed by atoms with van der Waals surface area (Å²) in [7, 11) is 1.74. The predicted molar refractivity (Wildman–Crippen MR) is 80.3 cm³/mol. The summed E-state index contributed by atoms with van der Waals surface area (Å²) in [6.07, 6.45) is 2.24. The molecule has 2 amide bonds. The van der Waals surface area contributed by atoms with Crippen molar-refractivity contribution in [2.24, 2.45) is 5.92 Å². The predicted octanol–water partition coefficient (Wildman–Crippen LogP) is 2.06. The van der Waals surface area contributed by atoms with Crippen LogP contribution in [0.3, 0.4) is 0 Å². The Morgan fingerprint density at radius 2 is 2.38 bits per heavy atom. The quantitative estimate of drug-likeness (QED) is 0.657. The van der Waals surface area contributed by atoms with Gasteiger partial charge >= 0.3 is 6.03 Å². The number of hydrogen-bond acceptors (Lipinski definition) is 4. The third-order valence-corrected chi connectivity index (χ3v) is 3.59. The summed E-state index contributed by atoms with van der Waals surface area (Å²) in [6.45, 7) is 2.64. The van der Waals surface area contributed by atoms with Crippen molar-refractivity contribution in [2.45, 2.75) is 12.8 Å². The van der Waals surface area contributed by atoms with Crippen molar-refractivity contribution in [1.29, 1.82) is 0 Å². The van der Waals surface area contributed by atoms with E-state index in [1.54, 1.807) is 24.1 Å². The largest absolute Gasteiger partial charge is 0.327 e. The Bertz CT molecular complexity index is 515. The van der Waals surface area contributed by atoms with Crippen LogP contribution in [0.1, 0.15) is 12.8 Å². The van der Waals surface area contributed by atoms with Crippen LogP contribution in [-0.4, -0.2) is 42.5 Å². The lowest BCUT2D eigenvalue weighted by Gasteiger charge is -2.27. The molecule has 0 spiro atoms. The maximum Gasteiger partial charge on any atom is 0.321 e. The van der Waals surface area contributed by atoms with Gasteiger partial charge in [-0.3, -0.25) is 10.1 Å². The monoisotopic (exact) mass is 292 g/mol. The van der Waals surface area contributed by atoms with E-state index in [0.717, 1.165) is 25.9 Å². The van der Waals surface area contributed by atoms with E-state index in [4.69, 9.17) is 0 Å². The standard InChI is InChI=1S/C14H20N4O3/c1-17(10-11-4-3-7-15-9-11)14(19)16-12-5-2-6-13(8-12)18(20)21/h2,5-6,8,11,15H,3-4,7,9-10H2,1H3,(H,16,19). The van der Waals surface area contributed by atoms with Gasteiger partial charge in [-0.05, 0) is 37.9 Å². The first kappa shape index (κ1) is 15.2. The molecule has 1 aromatic rings. The zero-order chi connectivity index (χ0) is 15.2. The Kier molecular flexibility index (Phi) is 5.10. The third kappa shape index (κ3) is 4.42. The van der Waals surface area contributed by atoms with Crippen molar-refractivity contribution in [3.05, 3.63) is 34.4 Å². The highest BCUT2D eigenvalue weighted by Gasteiger charge is 2.18. The van der Waals surface area contributed by atoms with Crippen molar-refractivity contribution >= 4 is 17.4 Å². The second-order valence-electron chi connectivity index (χ2n) is 5.33. The Morgan fingerprint density at radius 3 is 3.05 bits per heavy atom. The number of nitro benzene ring substituents is 1. The smallest absolute Gasteiger partial charge is 0.321 e. The average Bonchev–Trinajstić information content (AvgIpc) is 2.48. The van der Waals surface area contributed by atoms with Crippen molar-refractivity contribution < 1.29 is 9.72 Å². The Balaban J connectivity index is 1.90. The van der Waals surface area contributed by atoms with Gasteiger partial charge < -0.3 is 15.5 Å². The van der Waals surface area contributed by atoms with Crippen LogP contribution >= 0.6 is 0 Å². The number of carbonyl (C=O) groups is 1. The SMILES string of the molecule is CN(CC1CCCNC1)C(=O)Nc1cccc([N+](=O)[O-])c1. The maximum absolute atomic E-state index is 12.1. The van der Waals surface area contributed by atoms with Gasteiger partial charge in [0.1, 0.15) is 0 Å². The number of nitrogens with zero attached hydrogens (tertiary/aromatic N) is 2. The molecule has 7 nitrogen and oxygen atoms in total. The van der Waals surface area contributed by atoms with Crippen LogP contribution in [0.2, 0.25) is 0 Å². The van der Waals surface area contributed by atoms with E-state index in [9.17, 15) is 14.9 Å². The van der Waals surface area contributed by atoms with Crippen LogP contribution in [0, 0.1) is 16.0 Å². The fourth-order valence-corrected chi connectivity index (χ4v) is 2.47. The molecule has 7 heteroatoms. The van der Waals surface area contributed by atoms with Gasteiger partial charge in [0.2, 0.25) is 0 Å². The van der Waals surface area contributed by atoms with Gasteiger partial charge in [0.25, 0.3) is 5.69 Å². The van der Waals surface area contributed by atoms with Crippen LogP contribution in [-0.2, 0) is 0 Å². The maximum atomic E-state index is 12.1. The summed E-state index contributed by atoms with van der Waals surface area (Å²) in [5, 5.41) is 16.7. The lowest BCUT2D eigenvalue weighted by atomic mass is 9.99. The topological polar surface area (TPSA) is 87.5 Å². The molecule has 1 aliphatic rings. The average molecular weight is 292 g/mol. The molecule has 1 atom stereocenters. The Morgan fingerprint density at radius 1 is 1.57 bits per heavy atom. The zero-order valence-electron chi connectivity index (χ0n) is 12.0. The molecule has 0 aliphatic carbocycles. The third-order valence-electron chi connectivity index (χ3n) is 3.59. The van der Waals surface area contributed by atoms with Gasteiger partial charge in [-0.15, -0.1) is 0 Å². The summed E-state index contributed by atoms with van der Waals surface area (Å²) in [5.74, 6) is 0.458. The van der Waals surface area contributed by atoms with E-state index in [2.05, 4.69) is 10.6 Å². The number of benzene rings is 1. The lowest BCUT2D eigenvalue weighted by Crippen LogP contribution is -2.40. The highest BCUT2D eigenvalue weighted by Crippen LogP contribution is 2.18. The molecule has 0 saturated carbocycles. The molecule has 21 heavy (non-hydrogen) atoms. The molecule has 2 N–H and O–H groups in total. The van der Waals surface area contributed by atoms with Gasteiger partial charge in [0.15, 0.2) is 0 Å². The molecule has 0 radical (unpaired) electrons. The van der Waals surface area contributed by atoms with Crippen LogP contribution in [0.25, 0.3) is 0 Å². The van der Waals surface area contributed by atoms with Gasteiger partial charge in [0, 0.05) is 31.4 Å². The second kappa shape index (κ2) is 7.03. The number of non-ortho nitro benzene ring substituents is 1. The summed E-state index contributed by atoms with van der Waals surface area (Å²) < 4.78 is 0. The molecule has 114 valence electrons. The van der Waals surface area contributed by atoms with Gasteiger partial charge in [-0.1, -0.05) is 6.07 Å². The number of nitro groups is 1. The molecule has 2 rings (SSSR count). The molecule has 1 aromatic carbocycles. The number of urea groups is 1. The molecule has 1 heterocycles. The van der Waals surface area contributed by atoms with Crippen molar-refractivity contribution in [2.75, 3.05) is 32.0 Å². The van der Waals surface area contributed by atoms with Gasteiger partial charge in [0.05, 0.1) is 4.92 Å². The van der Waals surface area contributed by atoms with E-state index in [1.807, 2.05) is 0 Å². The van der Waals surface area contributed by atoms with E-state index < -0.39 is 4.92 Å². The van der Waals surface area contributed by atoms with Crippen molar-refractivity contribution in [3.8, 4) is 0 Å². The molecular weight excluding hydrogens is 272 g/mol. The van der Waals surface area contributed by atoms with Crippen LogP contribution < -0.4 is 10.6 Å². The summed E-state index contributed by atoms with van der Waals surface area (Å²) in [6, 6.07) is 5.70.